The number of hydrogen-bond donors (Lipinski definition) is 1. The number of aromatic nitrogens is 2. The molecule has 21 heavy (non-hydrogen) atoms. The van der Waals surface area contributed by atoms with Crippen LogP contribution in [-0.2, 0) is 5.75 Å². The average molecular weight is 311 g/mol. The third-order valence-corrected chi connectivity index (χ3v) is 4.23. The number of imidazole rings is 1. The first-order chi connectivity index (χ1) is 10.1. The van der Waals surface area contributed by atoms with Crippen molar-refractivity contribution >= 4 is 11.8 Å². The van der Waals surface area contributed by atoms with Gasteiger partial charge < -0.3 is 5.32 Å². The third kappa shape index (κ3) is 4.28. The van der Waals surface area contributed by atoms with Gasteiger partial charge in [-0.1, -0.05) is 19.1 Å². The minimum atomic E-state index is -2.54. The largest absolute Gasteiger partial charge is 0.319 e. The van der Waals surface area contributed by atoms with Crippen molar-refractivity contribution in [1.29, 1.82) is 0 Å². The van der Waals surface area contributed by atoms with E-state index in [0.717, 1.165) is 16.0 Å². The molecular formula is C15H19F2N3S. The second-order valence-electron chi connectivity index (χ2n) is 4.67. The van der Waals surface area contributed by atoms with Crippen LogP contribution in [0.15, 0.2) is 41.6 Å². The maximum Gasteiger partial charge on any atom is 0.319 e. The number of benzene rings is 1. The van der Waals surface area contributed by atoms with Gasteiger partial charge in [0.1, 0.15) is 5.82 Å². The minimum Gasteiger partial charge on any atom is -0.310 e. The van der Waals surface area contributed by atoms with Gasteiger partial charge in [0, 0.05) is 23.3 Å². The van der Waals surface area contributed by atoms with E-state index in [0.29, 0.717) is 17.6 Å². The highest BCUT2D eigenvalue weighted by Crippen LogP contribution is 2.25. The van der Waals surface area contributed by atoms with E-state index in [1.807, 2.05) is 12.1 Å². The molecule has 1 aromatic heterocycles. The molecule has 0 radical (unpaired) electrons. The fourth-order valence-corrected chi connectivity index (χ4v) is 2.91. The first-order valence-corrected chi connectivity index (χ1v) is 7.86. The van der Waals surface area contributed by atoms with E-state index < -0.39 is 6.55 Å². The predicted molar refractivity (Wildman–Crippen MR) is 81.6 cm³/mol. The first kappa shape index (κ1) is 16.0. The molecule has 0 bridgehead atoms. The van der Waals surface area contributed by atoms with E-state index in [1.165, 1.54) is 29.7 Å². The summed E-state index contributed by atoms with van der Waals surface area (Å²) in [6, 6.07) is 8.48. The Labute approximate surface area is 127 Å². The molecule has 1 aromatic carbocycles. The second kappa shape index (κ2) is 7.56. The Balaban J connectivity index is 1.96. The van der Waals surface area contributed by atoms with Gasteiger partial charge in [-0.2, -0.15) is 8.78 Å². The topological polar surface area (TPSA) is 29.9 Å². The lowest BCUT2D eigenvalue weighted by atomic mass is 10.1. The van der Waals surface area contributed by atoms with E-state index in [9.17, 15) is 8.78 Å². The van der Waals surface area contributed by atoms with Crippen LogP contribution in [0.5, 0.6) is 0 Å². The zero-order valence-electron chi connectivity index (χ0n) is 12.1. The van der Waals surface area contributed by atoms with Crippen molar-refractivity contribution in [2.24, 2.45) is 0 Å². The number of nitrogens with zero attached hydrogens (tertiary/aromatic N) is 2. The lowest BCUT2D eigenvalue weighted by Crippen LogP contribution is -2.17. The summed E-state index contributed by atoms with van der Waals surface area (Å²) in [7, 11) is 0. The van der Waals surface area contributed by atoms with Gasteiger partial charge in [0.15, 0.2) is 0 Å². The Morgan fingerprint density at radius 3 is 2.62 bits per heavy atom. The van der Waals surface area contributed by atoms with E-state index in [1.54, 1.807) is 0 Å². The maximum atomic E-state index is 12.7. The summed E-state index contributed by atoms with van der Waals surface area (Å²) < 4.78 is 26.3. The fourth-order valence-electron chi connectivity index (χ4n) is 2.06. The number of halogens is 2. The van der Waals surface area contributed by atoms with E-state index >= 15 is 0 Å². The smallest absolute Gasteiger partial charge is 0.310 e. The van der Waals surface area contributed by atoms with Gasteiger partial charge in [-0.25, -0.2) is 4.98 Å². The highest BCUT2D eigenvalue weighted by molar-refractivity contribution is 7.98. The van der Waals surface area contributed by atoms with Crippen LogP contribution in [0.25, 0.3) is 0 Å². The van der Waals surface area contributed by atoms with Crippen molar-refractivity contribution in [1.82, 2.24) is 14.9 Å². The number of hydrogen-bond acceptors (Lipinski definition) is 3. The van der Waals surface area contributed by atoms with Crippen molar-refractivity contribution in [2.45, 2.75) is 37.1 Å². The van der Waals surface area contributed by atoms with Crippen LogP contribution >= 0.6 is 11.8 Å². The van der Waals surface area contributed by atoms with Crippen LogP contribution in [0, 0.1) is 0 Å². The summed E-state index contributed by atoms with van der Waals surface area (Å²) in [6.45, 7) is 2.58. The Morgan fingerprint density at radius 2 is 2.00 bits per heavy atom. The van der Waals surface area contributed by atoms with E-state index in [-0.39, 0.29) is 0 Å². The molecule has 0 aliphatic rings. The molecule has 0 aliphatic carbocycles. The van der Waals surface area contributed by atoms with Crippen molar-refractivity contribution in [3.8, 4) is 0 Å². The van der Waals surface area contributed by atoms with Crippen LogP contribution in [0.3, 0.4) is 0 Å². The van der Waals surface area contributed by atoms with Gasteiger partial charge in [-0.15, -0.1) is 11.8 Å². The van der Waals surface area contributed by atoms with Gasteiger partial charge in [0.25, 0.3) is 0 Å². The molecule has 6 heteroatoms. The van der Waals surface area contributed by atoms with Gasteiger partial charge in [-0.3, -0.25) is 4.57 Å². The summed E-state index contributed by atoms with van der Waals surface area (Å²) in [6.07, 6.45) is 2.71. The summed E-state index contributed by atoms with van der Waals surface area (Å²) in [5.41, 5.74) is 1.22. The van der Waals surface area contributed by atoms with Gasteiger partial charge in [-0.05, 0) is 31.2 Å². The van der Waals surface area contributed by atoms with Crippen LogP contribution < -0.4 is 5.32 Å². The molecule has 1 N–H and O–H groups in total. The fraction of sp³-hybridized carbons (Fsp3) is 0.400. The predicted octanol–water partition coefficient (Wildman–Crippen LogP) is 4.24. The molecule has 0 aliphatic heterocycles. The van der Waals surface area contributed by atoms with Crippen LogP contribution in [0.1, 0.15) is 37.8 Å². The molecule has 3 nitrogen and oxygen atoms in total. The molecule has 1 heterocycles. The number of alkyl halides is 2. The summed E-state index contributed by atoms with van der Waals surface area (Å²) in [4.78, 5) is 5.02. The maximum absolute atomic E-state index is 12.7. The third-order valence-electron chi connectivity index (χ3n) is 3.22. The normalized spacial score (nSPS) is 12.8. The molecule has 0 amide bonds. The molecule has 0 saturated carbocycles. The van der Waals surface area contributed by atoms with Gasteiger partial charge in [0.05, 0.1) is 5.75 Å². The highest BCUT2D eigenvalue weighted by atomic mass is 32.2. The lowest BCUT2D eigenvalue weighted by molar-refractivity contribution is 0.0678. The average Bonchev–Trinajstić information content (AvgIpc) is 2.94. The van der Waals surface area contributed by atoms with Gasteiger partial charge in [0.2, 0.25) is 0 Å². The number of nitrogens with one attached hydrogen (secondary N) is 1. The van der Waals surface area contributed by atoms with Crippen molar-refractivity contribution in [3.63, 3.8) is 0 Å². The summed E-state index contributed by atoms with van der Waals surface area (Å²) in [5.74, 6) is 0.819. The Hall–Kier alpha value is -1.40. The number of rotatable bonds is 7. The lowest BCUT2D eigenvalue weighted by Gasteiger charge is -2.13. The summed E-state index contributed by atoms with van der Waals surface area (Å²) >= 11 is 1.51. The molecule has 2 aromatic rings. The molecule has 0 saturated heterocycles. The minimum absolute atomic E-state index is 0.312. The molecule has 1 atom stereocenters. The van der Waals surface area contributed by atoms with E-state index in [4.69, 9.17) is 0 Å². The monoisotopic (exact) mass is 311 g/mol. The van der Waals surface area contributed by atoms with Crippen molar-refractivity contribution in [2.75, 3.05) is 6.54 Å². The highest BCUT2D eigenvalue weighted by Gasteiger charge is 2.11. The Bertz CT molecular complexity index is 554. The number of thioether (sulfide) groups is 1. The SMILES string of the molecule is CCNC(C)c1ccc(SCc2nccn2C(F)F)cc1. The Kier molecular flexibility index (Phi) is 5.76. The Morgan fingerprint density at radius 1 is 1.29 bits per heavy atom. The molecule has 0 spiro atoms. The zero-order valence-corrected chi connectivity index (χ0v) is 12.9. The second-order valence-corrected chi connectivity index (χ2v) is 5.71. The molecule has 114 valence electrons. The molecule has 0 fully saturated rings. The van der Waals surface area contributed by atoms with Crippen LogP contribution in [-0.4, -0.2) is 16.1 Å². The van der Waals surface area contributed by atoms with Crippen LogP contribution in [0.4, 0.5) is 8.78 Å². The molecule has 1 unspecified atom stereocenters. The zero-order chi connectivity index (χ0) is 15.2. The van der Waals surface area contributed by atoms with Crippen molar-refractivity contribution in [3.05, 3.63) is 48.0 Å². The van der Waals surface area contributed by atoms with E-state index in [2.05, 4.69) is 36.3 Å². The van der Waals surface area contributed by atoms with Gasteiger partial charge >= 0.3 is 6.55 Å². The quantitative estimate of drug-likeness (QED) is 0.776. The summed E-state index contributed by atoms with van der Waals surface area (Å²) in [5, 5.41) is 3.35. The molecular weight excluding hydrogens is 292 g/mol. The van der Waals surface area contributed by atoms with Crippen molar-refractivity contribution < 1.29 is 8.78 Å². The standard InChI is InChI=1S/C15H19F2N3S/c1-3-18-11(2)12-4-6-13(7-5-12)21-10-14-19-8-9-20(14)15(16)17/h4-9,11,15,18H,3,10H2,1-2H3. The molecule has 2 rings (SSSR count). The van der Waals surface area contributed by atoms with Crippen LogP contribution in [0.2, 0.25) is 0 Å². The first-order valence-electron chi connectivity index (χ1n) is 6.87.